The van der Waals surface area contributed by atoms with E-state index < -0.39 is 0 Å². The minimum atomic E-state index is -0.0930. The van der Waals surface area contributed by atoms with Gasteiger partial charge in [0.05, 0.1) is 6.21 Å². The molecule has 0 fully saturated rings. The third-order valence-corrected chi connectivity index (χ3v) is 6.06. The molecule has 0 unspecified atom stereocenters. The van der Waals surface area contributed by atoms with Crippen molar-refractivity contribution < 1.29 is 9.14 Å². The molecule has 0 radical (unpaired) electrons. The second-order valence-corrected chi connectivity index (χ2v) is 7.93. The molecule has 2 aromatic heterocycles. The van der Waals surface area contributed by atoms with Crippen molar-refractivity contribution in [3.63, 3.8) is 0 Å². The number of benzene rings is 2. The number of aromatic amines is 1. The number of hydrogen-bond acceptors (Lipinski definition) is 4. The zero-order valence-electron chi connectivity index (χ0n) is 18.3. The van der Waals surface area contributed by atoms with E-state index in [-0.39, 0.29) is 6.10 Å². The van der Waals surface area contributed by atoms with Crippen molar-refractivity contribution in [2.24, 2.45) is 5.10 Å². The molecule has 0 amide bonds. The maximum atomic E-state index is 9.85. The average Bonchev–Trinajstić information content (AvgIpc) is 3.18. The van der Waals surface area contributed by atoms with Crippen LogP contribution in [0.5, 0.6) is 5.75 Å². The Morgan fingerprint density at radius 1 is 1.22 bits per heavy atom. The van der Waals surface area contributed by atoms with E-state index in [1.807, 2.05) is 68.6 Å². The Kier molecular flexibility index (Phi) is 4.87. The molecule has 0 saturated heterocycles. The number of rotatable bonds is 4. The first-order valence-corrected chi connectivity index (χ1v) is 10.8. The first kappa shape index (κ1) is 19.8. The molecular formula is C26H24N5O+. The van der Waals surface area contributed by atoms with E-state index in [1.54, 1.807) is 0 Å². The number of aromatic nitrogens is 2. The minimum absolute atomic E-state index is 0.0930. The van der Waals surface area contributed by atoms with Crippen LogP contribution in [0.1, 0.15) is 36.1 Å². The number of hydrazone groups is 1. The number of fused-ring (bicyclic) bond motifs is 4. The molecule has 1 aliphatic rings. The number of nitriles is 1. The van der Waals surface area contributed by atoms with Gasteiger partial charge >= 0.3 is 0 Å². The minimum Gasteiger partial charge on any atom is -0.485 e. The highest BCUT2D eigenvalue weighted by Gasteiger charge is 2.25. The summed E-state index contributed by atoms with van der Waals surface area (Å²) >= 11 is 0. The van der Waals surface area contributed by atoms with E-state index in [9.17, 15) is 5.26 Å². The van der Waals surface area contributed by atoms with Crippen molar-refractivity contribution in [2.75, 3.05) is 5.43 Å². The van der Waals surface area contributed by atoms with Gasteiger partial charge in [0.15, 0.2) is 0 Å². The van der Waals surface area contributed by atoms with Crippen LogP contribution in [0.4, 0.5) is 5.82 Å². The fraction of sp³-hybridized carbons (Fsp3) is 0.192. The van der Waals surface area contributed by atoms with Crippen LogP contribution in [0.2, 0.25) is 0 Å². The molecule has 2 aromatic carbocycles. The fourth-order valence-electron chi connectivity index (χ4n) is 4.39. The van der Waals surface area contributed by atoms with Crippen LogP contribution in [0.3, 0.4) is 0 Å². The molecule has 6 heteroatoms. The predicted octanol–water partition coefficient (Wildman–Crippen LogP) is 4.91. The van der Waals surface area contributed by atoms with Gasteiger partial charge in [0.25, 0.3) is 5.82 Å². The van der Waals surface area contributed by atoms with Gasteiger partial charge in [-0.05, 0) is 50.1 Å². The molecule has 0 aliphatic carbocycles. The second kappa shape index (κ2) is 7.86. The molecule has 32 heavy (non-hydrogen) atoms. The summed E-state index contributed by atoms with van der Waals surface area (Å²) in [4.78, 5) is 3.41. The van der Waals surface area contributed by atoms with Gasteiger partial charge in [-0.15, -0.1) is 5.10 Å². The summed E-state index contributed by atoms with van der Waals surface area (Å²) in [7, 11) is 0. The van der Waals surface area contributed by atoms with Gasteiger partial charge < -0.3 is 4.74 Å². The van der Waals surface area contributed by atoms with Crippen LogP contribution in [0, 0.1) is 18.3 Å². The van der Waals surface area contributed by atoms with E-state index in [1.165, 1.54) is 0 Å². The summed E-state index contributed by atoms with van der Waals surface area (Å²) in [6, 6.07) is 18.4. The number of nitrogens with one attached hydrogen (secondary N) is 2. The Hall–Kier alpha value is -4.11. The molecule has 4 aromatic rings. The Morgan fingerprint density at radius 3 is 2.81 bits per heavy atom. The molecule has 1 aliphatic heterocycles. The Labute approximate surface area is 186 Å². The summed E-state index contributed by atoms with van der Waals surface area (Å²) in [5.74, 6) is 1.75. The maximum Gasteiger partial charge on any atom is 0.253 e. The van der Waals surface area contributed by atoms with Gasteiger partial charge in [0, 0.05) is 16.7 Å². The van der Waals surface area contributed by atoms with Crippen molar-refractivity contribution in [1.82, 2.24) is 4.98 Å². The molecule has 1 atom stereocenters. The van der Waals surface area contributed by atoms with Crippen molar-refractivity contribution in [3.05, 3.63) is 76.4 Å². The number of ether oxygens (including phenoxy) is 1. The number of nitrogens with zero attached hydrogens (tertiary/aromatic N) is 3. The number of H-pyrrole nitrogens is 1. The van der Waals surface area contributed by atoms with Crippen molar-refractivity contribution in [1.29, 1.82) is 5.26 Å². The zero-order chi connectivity index (χ0) is 22.2. The Morgan fingerprint density at radius 2 is 2.00 bits per heavy atom. The van der Waals surface area contributed by atoms with Gasteiger partial charge in [-0.25, -0.2) is 0 Å². The van der Waals surface area contributed by atoms with E-state index >= 15 is 0 Å². The number of pyridine rings is 1. The smallest absolute Gasteiger partial charge is 0.253 e. The summed E-state index contributed by atoms with van der Waals surface area (Å²) in [6.45, 7) is 6.11. The highest BCUT2D eigenvalue weighted by molar-refractivity contribution is 5.89. The molecule has 0 spiro atoms. The van der Waals surface area contributed by atoms with Gasteiger partial charge in [-0.1, -0.05) is 37.3 Å². The highest BCUT2D eigenvalue weighted by Crippen LogP contribution is 2.29. The van der Waals surface area contributed by atoms with E-state index in [0.29, 0.717) is 5.56 Å². The molecular weight excluding hydrogens is 398 g/mol. The van der Waals surface area contributed by atoms with Crippen LogP contribution < -0.4 is 14.6 Å². The molecule has 0 saturated carbocycles. The molecule has 158 valence electrons. The third kappa shape index (κ3) is 3.10. The number of para-hydroxylation sites is 3. The maximum absolute atomic E-state index is 9.85. The lowest BCUT2D eigenvalue weighted by molar-refractivity contribution is -0.465. The highest BCUT2D eigenvalue weighted by atomic mass is 16.5. The topological polar surface area (TPSA) is 77.3 Å². The van der Waals surface area contributed by atoms with Crippen molar-refractivity contribution >= 4 is 34.8 Å². The van der Waals surface area contributed by atoms with Gasteiger partial charge in [-0.2, -0.15) is 15.1 Å². The van der Waals surface area contributed by atoms with Crippen molar-refractivity contribution in [3.8, 4) is 11.8 Å². The third-order valence-electron chi connectivity index (χ3n) is 6.06. The second-order valence-electron chi connectivity index (χ2n) is 7.93. The molecule has 5 rings (SSSR count). The zero-order valence-corrected chi connectivity index (χ0v) is 18.3. The SMILES string of the molecule is CCc1c(C)c(C#N)c2[nH]c3ccccc3[n+]2c1N/N=C\C1=Cc2ccccc2O[C@H]1C. The lowest BCUT2D eigenvalue weighted by Gasteiger charge is -2.22. The van der Waals surface area contributed by atoms with Crippen LogP contribution in [-0.2, 0) is 6.42 Å². The quantitative estimate of drug-likeness (QED) is 0.279. The number of anilines is 1. The average molecular weight is 423 g/mol. The van der Waals surface area contributed by atoms with E-state index in [4.69, 9.17) is 4.74 Å². The lowest BCUT2D eigenvalue weighted by atomic mass is 10.0. The normalized spacial score (nSPS) is 15.4. The Bertz CT molecular complexity index is 1450. The Balaban J connectivity index is 1.62. The van der Waals surface area contributed by atoms with Gasteiger partial charge in [-0.3, -0.25) is 4.98 Å². The molecule has 2 N–H and O–H groups in total. The summed E-state index contributed by atoms with van der Waals surface area (Å²) < 4.78 is 8.08. The van der Waals surface area contributed by atoms with E-state index in [2.05, 4.69) is 39.0 Å². The summed E-state index contributed by atoms with van der Waals surface area (Å²) in [5, 5.41) is 14.4. The monoisotopic (exact) mass is 422 g/mol. The van der Waals surface area contributed by atoms with Crippen molar-refractivity contribution in [2.45, 2.75) is 33.3 Å². The standard InChI is InChI=1S/C26H23N5O/c1-4-20-16(2)21(14-27)25-29-22-10-6-7-11-23(22)31(25)26(20)30-28-15-19-13-18-9-5-8-12-24(18)32-17(19)3/h5-13,15,17H,4H2,1-3H3,(H,29,30)/p+1/b28-15-/t17-/m0/s1. The van der Waals surface area contributed by atoms with Crippen LogP contribution in [0.25, 0.3) is 22.8 Å². The first-order chi connectivity index (χ1) is 15.6. The summed E-state index contributed by atoms with van der Waals surface area (Å²) in [5.41, 5.74) is 10.7. The van der Waals surface area contributed by atoms with Crippen LogP contribution >= 0.6 is 0 Å². The lowest BCUT2D eigenvalue weighted by Crippen LogP contribution is -2.28. The van der Waals surface area contributed by atoms with E-state index in [0.717, 1.165) is 56.9 Å². The molecule has 3 heterocycles. The number of imidazole rings is 1. The van der Waals surface area contributed by atoms with Gasteiger partial charge in [0.1, 0.15) is 34.5 Å². The summed E-state index contributed by atoms with van der Waals surface area (Å²) in [6.07, 6.45) is 4.60. The van der Waals surface area contributed by atoms with Crippen LogP contribution in [0.15, 0.2) is 59.2 Å². The van der Waals surface area contributed by atoms with Crippen LogP contribution in [-0.4, -0.2) is 17.3 Å². The molecule has 6 nitrogen and oxygen atoms in total. The molecule has 0 bridgehead atoms. The fourth-order valence-corrected chi connectivity index (χ4v) is 4.39. The largest absolute Gasteiger partial charge is 0.485 e. The van der Waals surface area contributed by atoms with Gasteiger partial charge in [0.2, 0.25) is 5.65 Å². The first-order valence-electron chi connectivity index (χ1n) is 10.8. The number of hydrogen-bond donors (Lipinski definition) is 2. The predicted molar refractivity (Wildman–Crippen MR) is 127 cm³/mol.